The summed E-state index contributed by atoms with van der Waals surface area (Å²) in [6.07, 6.45) is 3.87. The van der Waals surface area contributed by atoms with E-state index in [1.807, 2.05) is 36.0 Å². The topological polar surface area (TPSA) is 65.5 Å². The number of rotatable bonds is 5. The average Bonchev–Trinajstić information content (AvgIpc) is 2.66. The Labute approximate surface area is 153 Å². The molecule has 3 rings (SSSR count). The van der Waals surface area contributed by atoms with E-state index in [4.69, 9.17) is 0 Å². The number of hydrogen-bond donors (Lipinski definition) is 1. The molecule has 0 unspecified atom stereocenters. The number of nitrogens with zero attached hydrogens (tertiary/aromatic N) is 3. The predicted molar refractivity (Wildman–Crippen MR) is 100 cm³/mol. The molecular weight excluding hydrogens is 328 g/mol. The van der Waals surface area contributed by atoms with Crippen molar-refractivity contribution in [1.29, 1.82) is 0 Å². The molecule has 1 aromatic carbocycles. The fourth-order valence-electron chi connectivity index (χ4n) is 3.03. The summed E-state index contributed by atoms with van der Waals surface area (Å²) >= 11 is 0. The largest absolute Gasteiger partial charge is 0.351 e. The van der Waals surface area contributed by atoms with Gasteiger partial charge in [0, 0.05) is 38.6 Å². The summed E-state index contributed by atoms with van der Waals surface area (Å²) in [6, 6.07) is 9.81. The summed E-state index contributed by atoms with van der Waals surface area (Å²) in [5.41, 5.74) is 3.33. The van der Waals surface area contributed by atoms with E-state index in [1.165, 1.54) is 23.5 Å². The molecule has 136 valence electrons. The zero-order chi connectivity index (χ0) is 18.5. The van der Waals surface area contributed by atoms with E-state index in [0.29, 0.717) is 30.8 Å². The highest BCUT2D eigenvalue weighted by Crippen LogP contribution is 2.20. The number of carbonyl (C=O) groups is 2. The van der Waals surface area contributed by atoms with E-state index >= 15 is 0 Å². The third-order valence-corrected chi connectivity index (χ3v) is 4.51. The first-order valence-electron chi connectivity index (χ1n) is 8.78. The zero-order valence-electron chi connectivity index (χ0n) is 15.2. The van der Waals surface area contributed by atoms with Crippen LogP contribution >= 0.6 is 0 Å². The number of nitrogens with one attached hydrogen (secondary N) is 1. The maximum atomic E-state index is 12.8. The number of pyridine rings is 1. The first-order chi connectivity index (χ1) is 12.5. The van der Waals surface area contributed by atoms with Crippen molar-refractivity contribution in [2.75, 3.05) is 33.7 Å². The van der Waals surface area contributed by atoms with Gasteiger partial charge >= 0.3 is 0 Å². The number of aromatic nitrogens is 1. The van der Waals surface area contributed by atoms with Crippen LogP contribution in [0.25, 0.3) is 0 Å². The van der Waals surface area contributed by atoms with Crippen molar-refractivity contribution in [1.82, 2.24) is 20.1 Å². The fourth-order valence-corrected chi connectivity index (χ4v) is 3.03. The minimum Gasteiger partial charge on any atom is -0.351 e. The fraction of sp³-hybridized carbons (Fsp3) is 0.350. The van der Waals surface area contributed by atoms with Crippen molar-refractivity contribution in [3.05, 3.63) is 65.0 Å². The number of fused-ring (bicyclic) bond motifs is 1. The standard InChI is InChI=1S/C20H24N4O2/c1-23(2)10-8-22-19(25)17-11-18(13-21-12-17)20(26)24-9-7-15-5-3-4-6-16(15)14-24/h3-6,11-13H,7-10,14H2,1-2H3,(H,22,25). The van der Waals surface area contributed by atoms with Crippen LogP contribution in [-0.2, 0) is 13.0 Å². The van der Waals surface area contributed by atoms with E-state index in [-0.39, 0.29) is 11.8 Å². The second kappa shape index (κ2) is 8.10. The van der Waals surface area contributed by atoms with Crippen LogP contribution in [0, 0.1) is 0 Å². The molecule has 1 aliphatic heterocycles. The maximum absolute atomic E-state index is 12.8. The van der Waals surface area contributed by atoms with Gasteiger partial charge in [-0.1, -0.05) is 24.3 Å². The van der Waals surface area contributed by atoms with Crippen LogP contribution in [0.1, 0.15) is 31.8 Å². The van der Waals surface area contributed by atoms with Crippen LogP contribution in [0.15, 0.2) is 42.7 Å². The molecule has 2 heterocycles. The molecule has 0 radical (unpaired) electrons. The molecule has 0 saturated carbocycles. The molecule has 2 amide bonds. The molecule has 1 N–H and O–H groups in total. The van der Waals surface area contributed by atoms with Crippen LogP contribution < -0.4 is 5.32 Å². The van der Waals surface area contributed by atoms with Crippen molar-refractivity contribution < 1.29 is 9.59 Å². The van der Waals surface area contributed by atoms with E-state index in [0.717, 1.165) is 13.0 Å². The van der Waals surface area contributed by atoms with Crippen molar-refractivity contribution in [3.63, 3.8) is 0 Å². The van der Waals surface area contributed by atoms with Crippen LogP contribution in [0.4, 0.5) is 0 Å². The lowest BCUT2D eigenvalue weighted by atomic mass is 9.99. The van der Waals surface area contributed by atoms with Crippen molar-refractivity contribution in [2.45, 2.75) is 13.0 Å². The Morgan fingerprint density at radius 3 is 2.65 bits per heavy atom. The van der Waals surface area contributed by atoms with Gasteiger partial charge in [-0.15, -0.1) is 0 Å². The lowest BCUT2D eigenvalue weighted by molar-refractivity contribution is 0.0734. The zero-order valence-corrected chi connectivity index (χ0v) is 15.2. The molecule has 0 spiro atoms. The summed E-state index contributed by atoms with van der Waals surface area (Å²) < 4.78 is 0. The van der Waals surface area contributed by atoms with Gasteiger partial charge in [-0.3, -0.25) is 14.6 Å². The van der Waals surface area contributed by atoms with Crippen molar-refractivity contribution in [3.8, 4) is 0 Å². The molecule has 0 fully saturated rings. The van der Waals surface area contributed by atoms with Crippen molar-refractivity contribution in [2.24, 2.45) is 0 Å². The summed E-state index contributed by atoms with van der Waals surface area (Å²) in [5, 5.41) is 2.84. The Kier molecular flexibility index (Phi) is 5.63. The Morgan fingerprint density at radius 2 is 1.88 bits per heavy atom. The van der Waals surface area contributed by atoms with Gasteiger partial charge in [0.15, 0.2) is 0 Å². The lowest BCUT2D eigenvalue weighted by Crippen LogP contribution is -2.36. The minimum absolute atomic E-state index is 0.0880. The highest BCUT2D eigenvalue weighted by Gasteiger charge is 2.22. The van der Waals surface area contributed by atoms with Gasteiger partial charge in [-0.05, 0) is 37.7 Å². The highest BCUT2D eigenvalue weighted by atomic mass is 16.2. The number of hydrogen-bond acceptors (Lipinski definition) is 4. The number of carbonyl (C=O) groups excluding carboxylic acids is 2. The van der Waals surface area contributed by atoms with Gasteiger partial charge in [0.2, 0.25) is 0 Å². The highest BCUT2D eigenvalue weighted by molar-refractivity contribution is 5.99. The van der Waals surface area contributed by atoms with Gasteiger partial charge in [-0.25, -0.2) is 0 Å². The average molecular weight is 352 g/mol. The van der Waals surface area contributed by atoms with Crippen LogP contribution in [-0.4, -0.2) is 60.3 Å². The Balaban J connectivity index is 1.68. The predicted octanol–water partition coefficient (Wildman–Crippen LogP) is 1.57. The number of amides is 2. The van der Waals surface area contributed by atoms with Gasteiger partial charge in [0.25, 0.3) is 11.8 Å². The van der Waals surface area contributed by atoms with Gasteiger partial charge < -0.3 is 15.1 Å². The van der Waals surface area contributed by atoms with Crippen molar-refractivity contribution >= 4 is 11.8 Å². The number of benzene rings is 1. The van der Waals surface area contributed by atoms with Crippen LogP contribution in [0.3, 0.4) is 0 Å². The summed E-state index contributed by atoms with van der Waals surface area (Å²) in [6.45, 7) is 2.57. The molecule has 6 heteroatoms. The molecular formula is C20H24N4O2. The second-order valence-electron chi connectivity index (χ2n) is 6.77. The van der Waals surface area contributed by atoms with Crippen LogP contribution in [0.5, 0.6) is 0 Å². The second-order valence-corrected chi connectivity index (χ2v) is 6.77. The van der Waals surface area contributed by atoms with E-state index in [1.54, 1.807) is 6.07 Å². The Bertz CT molecular complexity index is 804. The first-order valence-corrected chi connectivity index (χ1v) is 8.78. The molecule has 2 aromatic rings. The molecule has 26 heavy (non-hydrogen) atoms. The molecule has 0 bridgehead atoms. The molecule has 1 aliphatic rings. The molecule has 0 aliphatic carbocycles. The van der Waals surface area contributed by atoms with E-state index < -0.39 is 0 Å². The quantitative estimate of drug-likeness (QED) is 0.887. The van der Waals surface area contributed by atoms with Crippen LogP contribution in [0.2, 0.25) is 0 Å². The number of likely N-dealkylation sites (N-methyl/N-ethyl adjacent to an activating group) is 1. The molecule has 6 nitrogen and oxygen atoms in total. The maximum Gasteiger partial charge on any atom is 0.255 e. The van der Waals surface area contributed by atoms with E-state index in [9.17, 15) is 9.59 Å². The van der Waals surface area contributed by atoms with Gasteiger partial charge in [0.1, 0.15) is 0 Å². The Morgan fingerprint density at radius 1 is 1.15 bits per heavy atom. The molecule has 0 saturated heterocycles. The summed E-state index contributed by atoms with van der Waals surface area (Å²) in [4.78, 5) is 33.0. The lowest BCUT2D eigenvalue weighted by Gasteiger charge is -2.28. The smallest absolute Gasteiger partial charge is 0.255 e. The summed E-state index contributed by atoms with van der Waals surface area (Å²) in [7, 11) is 3.90. The Hall–Kier alpha value is -2.73. The van der Waals surface area contributed by atoms with E-state index in [2.05, 4.69) is 22.4 Å². The first kappa shape index (κ1) is 18.1. The third kappa shape index (κ3) is 4.26. The minimum atomic E-state index is -0.210. The van der Waals surface area contributed by atoms with Gasteiger partial charge in [-0.2, -0.15) is 0 Å². The normalized spacial score (nSPS) is 13.4. The molecule has 0 atom stereocenters. The monoisotopic (exact) mass is 352 g/mol. The summed E-state index contributed by atoms with van der Waals surface area (Å²) in [5.74, 6) is -0.298. The molecule has 1 aromatic heterocycles. The third-order valence-electron chi connectivity index (χ3n) is 4.51. The SMILES string of the molecule is CN(C)CCNC(=O)c1cncc(C(=O)N2CCc3ccccc3C2)c1. The van der Waals surface area contributed by atoms with Gasteiger partial charge in [0.05, 0.1) is 11.1 Å².